The van der Waals surface area contributed by atoms with Gasteiger partial charge in [0.15, 0.2) is 5.17 Å². The van der Waals surface area contributed by atoms with Crippen LogP contribution in [0.1, 0.15) is 29.7 Å². The van der Waals surface area contributed by atoms with Gasteiger partial charge in [0, 0.05) is 10.0 Å². The van der Waals surface area contributed by atoms with Crippen molar-refractivity contribution in [3.63, 3.8) is 0 Å². The van der Waals surface area contributed by atoms with E-state index < -0.39 is 12.0 Å². The van der Waals surface area contributed by atoms with Crippen molar-refractivity contribution < 1.29 is 9.53 Å². The van der Waals surface area contributed by atoms with Crippen LogP contribution in [-0.2, 0) is 9.53 Å². The molecule has 2 aliphatic rings. The monoisotopic (exact) mass is 494 g/mol. The highest BCUT2D eigenvalue weighted by Crippen LogP contribution is 2.47. The van der Waals surface area contributed by atoms with Gasteiger partial charge < -0.3 is 10.5 Å². The van der Waals surface area contributed by atoms with E-state index in [0.29, 0.717) is 21.3 Å². The number of benzene rings is 2. The molecule has 31 heavy (non-hydrogen) atoms. The Morgan fingerprint density at radius 3 is 2.71 bits per heavy atom. The molecule has 0 unspecified atom stereocenters. The van der Waals surface area contributed by atoms with Crippen molar-refractivity contribution in [1.82, 2.24) is 4.90 Å². The molecule has 8 heteroatoms. The zero-order valence-corrected chi connectivity index (χ0v) is 19.3. The van der Waals surface area contributed by atoms with E-state index in [0.717, 1.165) is 21.2 Å². The van der Waals surface area contributed by atoms with Gasteiger partial charge in [0.25, 0.3) is 0 Å². The second kappa shape index (κ2) is 8.61. The third kappa shape index (κ3) is 3.75. The third-order valence-corrected chi connectivity index (χ3v) is 6.87. The van der Waals surface area contributed by atoms with Crippen LogP contribution in [0.3, 0.4) is 0 Å². The van der Waals surface area contributed by atoms with Crippen molar-refractivity contribution in [1.29, 1.82) is 5.26 Å². The molecule has 1 atom stereocenters. The van der Waals surface area contributed by atoms with E-state index in [2.05, 4.69) is 22.0 Å². The zero-order valence-electron chi connectivity index (χ0n) is 16.9. The third-order valence-electron chi connectivity index (χ3n) is 5.04. The number of nitrogens with two attached hydrogens (primary N) is 1. The summed E-state index contributed by atoms with van der Waals surface area (Å²) in [5.74, 6) is -0.184. The quantitative estimate of drug-likeness (QED) is 0.611. The highest BCUT2D eigenvalue weighted by Gasteiger charge is 2.43. The topological polar surface area (TPSA) is 91.7 Å². The van der Waals surface area contributed by atoms with Gasteiger partial charge in [0.2, 0.25) is 0 Å². The molecule has 0 saturated carbocycles. The molecule has 0 saturated heterocycles. The first kappa shape index (κ1) is 21.2. The predicted molar refractivity (Wildman–Crippen MR) is 125 cm³/mol. The predicted octanol–water partition coefficient (Wildman–Crippen LogP) is 4.84. The van der Waals surface area contributed by atoms with Gasteiger partial charge in [-0.1, -0.05) is 58.4 Å². The van der Waals surface area contributed by atoms with Gasteiger partial charge in [-0.25, -0.2) is 9.79 Å². The molecule has 0 aromatic heterocycles. The lowest BCUT2D eigenvalue weighted by atomic mass is 9.91. The fraction of sp³-hybridized carbons (Fsp3) is 0.174. The van der Waals surface area contributed by atoms with Crippen LogP contribution in [0, 0.1) is 18.3 Å². The number of thioether (sulfide) groups is 1. The number of hydrogen-bond acceptors (Lipinski definition) is 7. The highest BCUT2D eigenvalue weighted by molar-refractivity contribution is 9.10. The maximum Gasteiger partial charge on any atom is 0.338 e. The molecule has 6 nitrogen and oxygen atoms in total. The molecule has 2 heterocycles. The Morgan fingerprint density at radius 2 is 2.06 bits per heavy atom. The Labute approximate surface area is 193 Å². The smallest absolute Gasteiger partial charge is 0.338 e. The summed E-state index contributed by atoms with van der Waals surface area (Å²) in [6.07, 6.45) is 0. The number of nitriles is 1. The summed E-state index contributed by atoms with van der Waals surface area (Å²) in [4.78, 5) is 20.1. The van der Waals surface area contributed by atoms with Gasteiger partial charge in [-0.15, -0.1) is 0 Å². The SMILES string of the molecule is CCOC(=O)C1=C(c2ccccc2)N=C2SC(C#N)=C(N)N2[C@@H]1c1ccc(C)c(Br)c1. The van der Waals surface area contributed by atoms with Gasteiger partial charge >= 0.3 is 5.97 Å². The summed E-state index contributed by atoms with van der Waals surface area (Å²) in [7, 11) is 0. The molecular weight excluding hydrogens is 476 g/mol. The molecule has 2 aromatic carbocycles. The zero-order chi connectivity index (χ0) is 22.1. The van der Waals surface area contributed by atoms with Gasteiger partial charge in [0.05, 0.1) is 23.9 Å². The first-order valence-corrected chi connectivity index (χ1v) is 11.3. The number of amidine groups is 1. The molecule has 0 spiro atoms. The number of nitrogens with zero attached hydrogens (tertiary/aromatic N) is 3. The van der Waals surface area contributed by atoms with Gasteiger partial charge in [0.1, 0.15) is 16.8 Å². The number of hydrogen-bond donors (Lipinski definition) is 1. The lowest BCUT2D eigenvalue weighted by Gasteiger charge is -2.35. The second-order valence-corrected chi connectivity index (χ2v) is 8.78. The number of carbonyl (C=O) groups excluding carboxylic acids is 1. The molecular formula is C23H19BrN4O2S. The van der Waals surface area contributed by atoms with E-state index in [4.69, 9.17) is 15.5 Å². The fourth-order valence-electron chi connectivity index (χ4n) is 3.55. The average molecular weight is 495 g/mol. The minimum absolute atomic E-state index is 0.231. The molecule has 4 rings (SSSR count). The summed E-state index contributed by atoms with van der Waals surface area (Å²) < 4.78 is 6.35. The molecule has 0 bridgehead atoms. The number of fused-ring (bicyclic) bond motifs is 1. The Kier molecular flexibility index (Phi) is 5.90. The van der Waals surface area contributed by atoms with E-state index in [1.807, 2.05) is 55.5 Å². The first-order chi connectivity index (χ1) is 15.0. The standard InChI is InChI=1S/C23H19BrN4O2S/c1-3-30-22(29)18-19(14-7-5-4-6-8-14)27-23-28(21(26)17(12-25)31-23)20(18)15-10-9-13(2)16(24)11-15/h4-11,20H,3,26H2,1-2H3/t20-/m1/s1. The molecule has 0 radical (unpaired) electrons. The summed E-state index contributed by atoms with van der Waals surface area (Å²) in [5, 5.41) is 10.1. The summed E-state index contributed by atoms with van der Waals surface area (Å²) >= 11 is 4.80. The van der Waals surface area contributed by atoms with E-state index in [-0.39, 0.29) is 12.4 Å². The van der Waals surface area contributed by atoms with Crippen molar-refractivity contribution in [2.75, 3.05) is 6.61 Å². The molecule has 156 valence electrons. The minimum Gasteiger partial charge on any atom is -0.463 e. The maximum atomic E-state index is 13.2. The number of carbonyl (C=O) groups is 1. The summed E-state index contributed by atoms with van der Waals surface area (Å²) in [6.45, 7) is 3.99. The van der Waals surface area contributed by atoms with Crippen LogP contribution in [0.15, 0.2) is 74.3 Å². The van der Waals surface area contributed by atoms with E-state index >= 15 is 0 Å². The number of halogens is 1. The van der Waals surface area contributed by atoms with Crippen LogP contribution in [0.5, 0.6) is 0 Å². The van der Waals surface area contributed by atoms with Crippen LogP contribution in [0.4, 0.5) is 0 Å². The van der Waals surface area contributed by atoms with Crippen LogP contribution in [0.2, 0.25) is 0 Å². The molecule has 0 aliphatic carbocycles. The largest absolute Gasteiger partial charge is 0.463 e. The molecule has 2 aromatic rings. The molecule has 0 fully saturated rings. The Hall–Kier alpha value is -3.02. The Morgan fingerprint density at radius 1 is 1.32 bits per heavy atom. The Balaban J connectivity index is 2.01. The first-order valence-electron chi connectivity index (χ1n) is 9.64. The molecule has 2 aliphatic heterocycles. The maximum absolute atomic E-state index is 13.2. The number of rotatable bonds is 4. The van der Waals surface area contributed by atoms with E-state index in [1.54, 1.807) is 11.8 Å². The van der Waals surface area contributed by atoms with Crippen molar-refractivity contribution in [2.24, 2.45) is 10.7 Å². The number of aryl methyl sites for hydroxylation is 1. The van der Waals surface area contributed by atoms with Crippen LogP contribution >= 0.6 is 27.7 Å². The van der Waals surface area contributed by atoms with Crippen molar-refractivity contribution in [3.8, 4) is 6.07 Å². The van der Waals surface area contributed by atoms with E-state index in [9.17, 15) is 10.1 Å². The van der Waals surface area contributed by atoms with Crippen LogP contribution in [0.25, 0.3) is 5.70 Å². The van der Waals surface area contributed by atoms with Crippen molar-refractivity contribution in [3.05, 3.63) is 86.0 Å². The lowest BCUT2D eigenvalue weighted by molar-refractivity contribution is -0.139. The Bertz CT molecular complexity index is 1200. The normalized spacial score (nSPS) is 17.9. The number of esters is 1. The molecule has 0 amide bonds. The second-order valence-electron chi connectivity index (χ2n) is 6.95. The van der Waals surface area contributed by atoms with Gasteiger partial charge in [-0.05, 0) is 42.8 Å². The number of aliphatic imine (C=N–C) groups is 1. The van der Waals surface area contributed by atoms with Crippen molar-refractivity contribution >= 4 is 44.5 Å². The summed E-state index contributed by atoms with van der Waals surface area (Å²) in [5.41, 5.74) is 9.95. The van der Waals surface area contributed by atoms with Crippen LogP contribution in [-0.4, -0.2) is 22.6 Å². The fourth-order valence-corrected chi connectivity index (χ4v) is 4.82. The van der Waals surface area contributed by atoms with Gasteiger partial charge in [-0.3, -0.25) is 4.90 Å². The minimum atomic E-state index is -0.586. The molecule has 2 N–H and O–H groups in total. The number of ether oxygens (including phenoxy) is 1. The number of allylic oxidation sites excluding steroid dienone is 1. The van der Waals surface area contributed by atoms with E-state index in [1.165, 1.54) is 11.8 Å². The van der Waals surface area contributed by atoms with Crippen LogP contribution < -0.4 is 5.73 Å². The lowest BCUT2D eigenvalue weighted by Crippen LogP contribution is -2.38. The highest BCUT2D eigenvalue weighted by atomic mass is 79.9. The average Bonchev–Trinajstić information content (AvgIpc) is 3.10. The van der Waals surface area contributed by atoms with Crippen molar-refractivity contribution in [2.45, 2.75) is 19.9 Å². The summed E-state index contributed by atoms with van der Waals surface area (Å²) in [6, 6.07) is 16.9. The van der Waals surface area contributed by atoms with Gasteiger partial charge in [-0.2, -0.15) is 5.26 Å².